The Morgan fingerprint density at radius 1 is 1.17 bits per heavy atom. The molecule has 1 heterocycles. The van der Waals surface area contributed by atoms with Crippen LogP contribution in [-0.2, 0) is 11.3 Å². The molecule has 3 nitrogen and oxygen atoms in total. The second-order valence-corrected chi connectivity index (χ2v) is 6.89. The predicted octanol–water partition coefficient (Wildman–Crippen LogP) is 3.96. The molecular weight excluding hydrogens is 286 g/mol. The average Bonchev–Trinajstić information content (AvgIpc) is 2.91. The minimum Gasteiger partial charge on any atom is -0.481 e. The van der Waals surface area contributed by atoms with E-state index in [1.807, 2.05) is 6.92 Å². The number of aliphatic carboxylic acids is 1. The summed E-state index contributed by atoms with van der Waals surface area (Å²) in [5.41, 5.74) is 4.32. The molecule has 23 heavy (non-hydrogen) atoms. The van der Waals surface area contributed by atoms with Gasteiger partial charge in [-0.25, -0.2) is 0 Å². The van der Waals surface area contributed by atoms with Crippen LogP contribution in [0.1, 0.15) is 24.5 Å². The van der Waals surface area contributed by atoms with E-state index in [4.69, 9.17) is 0 Å². The van der Waals surface area contributed by atoms with Crippen LogP contribution in [0.5, 0.6) is 0 Å². The lowest BCUT2D eigenvalue weighted by Crippen LogP contribution is -2.31. The first kappa shape index (κ1) is 15.8. The van der Waals surface area contributed by atoms with Crippen molar-refractivity contribution in [1.82, 2.24) is 4.90 Å². The molecule has 2 aromatic rings. The third kappa shape index (κ3) is 3.45. The molecule has 1 fully saturated rings. The molecule has 1 N–H and O–H groups in total. The highest BCUT2D eigenvalue weighted by atomic mass is 16.4. The fourth-order valence-corrected chi connectivity index (χ4v) is 3.22. The van der Waals surface area contributed by atoms with Crippen molar-refractivity contribution >= 4 is 5.97 Å². The summed E-state index contributed by atoms with van der Waals surface area (Å²) in [4.78, 5) is 13.6. The molecule has 120 valence electrons. The van der Waals surface area contributed by atoms with E-state index in [2.05, 4.69) is 60.4 Å². The number of likely N-dealkylation sites (tertiary alicyclic amines) is 1. The number of carboxylic acid groups (broad SMARTS) is 1. The zero-order valence-corrected chi connectivity index (χ0v) is 13.7. The zero-order chi connectivity index (χ0) is 16.4. The monoisotopic (exact) mass is 309 g/mol. The number of hydrogen-bond donors (Lipinski definition) is 1. The van der Waals surface area contributed by atoms with E-state index in [9.17, 15) is 9.90 Å². The van der Waals surface area contributed by atoms with E-state index in [-0.39, 0.29) is 0 Å². The Kier molecular flexibility index (Phi) is 4.22. The largest absolute Gasteiger partial charge is 0.481 e. The van der Waals surface area contributed by atoms with Gasteiger partial charge in [0.2, 0.25) is 0 Å². The van der Waals surface area contributed by atoms with E-state index in [1.54, 1.807) is 0 Å². The molecule has 3 rings (SSSR count). The van der Waals surface area contributed by atoms with Crippen LogP contribution in [0, 0.1) is 12.3 Å². The summed E-state index contributed by atoms with van der Waals surface area (Å²) in [5, 5.41) is 9.34. The minimum atomic E-state index is -0.687. The molecule has 1 saturated heterocycles. The van der Waals surface area contributed by atoms with Gasteiger partial charge >= 0.3 is 5.97 Å². The summed E-state index contributed by atoms with van der Waals surface area (Å²) in [5.74, 6) is -0.687. The molecule has 0 aliphatic carbocycles. The van der Waals surface area contributed by atoms with Crippen molar-refractivity contribution in [3.63, 3.8) is 0 Å². The molecule has 1 atom stereocenters. The maximum absolute atomic E-state index is 11.4. The highest BCUT2D eigenvalue weighted by molar-refractivity contribution is 5.74. The van der Waals surface area contributed by atoms with E-state index < -0.39 is 11.4 Å². The molecule has 0 bridgehead atoms. The molecule has 0 saturated carbocycles. The van der Waals surface area contributed by atoms with Crippen molar-refractivity contribution < 1.29 is 9.90 Å². The molecule has 0 aromatic heterocycles. The van der Waals surface area contributed by atoms with Gasteiger partial charge in [-0.15, -0.1) is 0 Å². The number of carbonyl (C=O) groups is 1. The molecule has 0 radical (unpaired) electrons. The predicted molar refractivity (Wildman–Crippen MR) is 92.3 cm³/mol. The number of aryl methyl sites for hydroxylation is 1. The second kappa shape index (κ2) is 6.17. The molecule has 1 aliphatic rings. The van der Waals surface area contributed by atoms with Crippen molar-refractivity contribution in [2.24, 2.45) is 5.41 Å². The van der Waals surface area contributed by atoms with Crippen LogP contribution in [0.15, 0.2) is 48.5 Å². The van der Waals surface area contributed by atoms with Gasteiger partial charge in [-0.1, -0.05) is 48.0 Å². The molecule has 0 amide bonds. The highest BCUT2D eigenvalue weighted by Gasteiger charge is 2.40. The van der Waals surface area contributed by atoms with Gasteiger partial charge in [0.25, 0.3) is 0 Å². The molecule has 1 unspecified atom stereocenters. The lowest BCUT2D eigenvalue weighted by Gasteiger charge is -2.20. The standard InChI is InChI=1S/C20H23NO2/c1-15-6-8-17(9-7-15)18-5-3-4-16(12-18)13-21-11-10-20(2,14-21)19(22)23/h3-9,12H,10-11,13-14H2,1-2H3,(H,22,23). The minimum absolute atomic E-state index is 0.603. The summed E-state index contributed by atoms with van der Waals surface area (Å²) in [7, 11) is 0. The van der Waals surface area contributed by atoms with Gasteiger partial charge in [-0.2, -0.15) is 0 Å². The van der Waals surface area contributed by atoms with E-state index in [1.165, 1.54) is 22.3 Å². The first-order valence-corrected chi connectivity index (χ1v) is 8.08. The second-order valence-electron chi connectivity index (χ2n) is 6.89. The third-order valence-corrected chi connectivity index (χ3v) is 4.79. The third-order valence-electron chi connectivity index (χ3n) is 4.79. The lowest BCUT2D eigenvalue weighted by atomic mass is 9.90. The summed E-state index contributed by atoms with van der Waals surface area (Å²) >= 11 is 0. The Balaban J connectivity index is 1.74. The van der Waals surface area contributed by atoms with Gasteiger partial charge in [0.15, 0.2) is 0 Å². The van der Waals surface area contributed by atoms with Crippen LogP contribution in [0.2, 0.25) is 0 Å². The number of nitrogens with zero attached hydrogens (tertiary/aromatic N) is 1. The Morgan fingerprint density at radius 3 is 2.57 bits per heavy atom. The lowest BCUT2D eigenvalue weighted by molar-refractivity contribution is -0.147. The first-order valence-electron chi connectivity index (χ1n) is 8.08. The van der Waals surface area contributed by atoms with Crippen molar-refractivity contribution in [3.8, 4) is 11.1 Å². The van der Waals surface area contributed by atoms with Gasteiger partial charge in [0.1, 0.15) is 0 Å². The van der Waals surface area contributed by atoms with Crippen LogP contribution >= 0.6 is 0 Å². The number of hydrogen-bond acceptors (Lipinski definition) is 2. The fraction of sp³-hybridized carbons (Fsp3) is 0.350. The Hall–Kier alpha value is -2.13. The molecule has 3 heteroatoms. The first-order chi connectivity index (χ1) is 11.0. The van der Waals surface area contributed by atoms with Crippen molar-refractivity contribution in [1.29, 1.82) is 0 Å². The van der Waals surface area contributed by atoms with Gasteiger partial charge in [-0.3, -0.25) is 9.69 Å². The quantitative estimate of drug-likeness (QED) is 0.929. The molecule has 2 aromatic carbocycles. The summed E-state index contributed by atoms with van der Waals surface area (Å²) in [6, 6.07) is 17.1. The van der Waals surface area contributed by atoms with Gasteiger partial charge in [-0.05, 0) is 49.6 Å². The van der Waals surface area contributed by atoms with Crippen LogP contribution < -0.4 is 0 Å². The number of carboxylic acids is 1. The van der Waals surface area contributed by atoms with Gasteiger partial charge in [0.05, 0.1) is 5.41 Å². The van der Waals surface area contributed by atoms with Crippen molar-refractivity contribution in [2.45, 2.75) is 26.8 Å². The number of benzene rings is 2. The zero-order valence-electron chi connectivity index (χ0n) is 13.7. The van der Waals surface area contributed by atoms with Crippen LogP contribution in [-0.4, -0.2) is 29.1 Å². The van der Waals surface area contributed by atoms with Crippen LogP contribution in [0.3, 0.4) is 0 Å². The Labute approximate surface area is 137 Å². The Morgan fingerprint density at radius 2 is 1.91 bits per heavy atom. The molecule has 1 aliphatic heterocycles. The van der Waals surface area contributed by atoms with E-state index in [0.29, 0.717) is 6.54 Å². The van der Waals surface area contributed by atoms with Crippen molar-refractivity contribution in [2.75, 3.05) is 13.1 Å². The van der Waals surface area contributed by atoms with Crippen LogP contribution in [0.4, 0.5) is 0 Å². The number of rotatable bonds is 4. The van der Waals surface area contributed by atoms with Crippen LogP contribution in [0.25, 0.3) is 11.1 Å². The van der Waals surface area contributed by atoms with Crippen molar-refractivity contribution in [3.05, 3.63) is 59.7 Å². The molecular formula is C20H23NO2. The highest BCUT2D eigenvalue weighted by Crippen LogP contribution is 2.31. The maximum Gasteiger partial charge on any atom is 0.310 e. The topological polar surface area (TPSA) is 40.5 Å². The SMILES string of the molecule is Cc1ccc(-c2cccc(CN3CCC(C)(C(=O)O)C3)c2)cc1. The smallest absolute Gasteiger partial charge is 0.310 e. The molecule has 0 spiro atoms. The summed E-state index contributed by atoms with van der Waals surface area (Å²) in [6.45, 7) is 6.21. The van der Waals surface area contributed by atoms with E-state index >= 15 is 0 Å². The summed E-state index contributed by atoms with van der Waals surface area (Å²) in [6.07, 6.45) is 0.722. The van der Waals surface area contributed by atoms with Gasteiger partial charge in [0, 0.05) is 13.1 Å². The van der Waals surface area contributed by atoms with E-state index in [0.717, 1.165) is 19.5 Å². The average molecular weight is 309 g/mol. The van der Waals surface area contributed by atoms with Gasteiger partial charge < -0.3 is 5.11 Å². The maximum atomic E-state index is 11.4. The Bertz CT molecular complexity index is 708. The normalized spacial score (nSPS) is 21.5. The fourth-order valence-electron chi connectivity index (χ4n) is 3.22. The summed E-state index contributed by atoms with van der Waals surface area (Å²) < 4.78 is 0.